The Balaban J connectivity index is 2.29. The van der Waals surface area contributed by atoms with Crippen molar-refractivity contribution in [2.24, 2.45) is 0 Å². The van der Waals surface area contributed by atoms with Gasteiger partial charge in [-0.2, -0.15) is 0 Å². The van der Waals surface area contributed by atoms with Crippen molar-refractivity contribution in [2.75, 3.05) is 39.6 Å². The smallest absolute Gasteiger partial charge is 0.148 e. The number of hydrogen-bond donors (Lipinski definition) is 0. The fourth-order valence-electron chi connectivity index (χ4n) is 2.67. The number of hydrogen-bond acceptors (Lipinski definition) is 6. The zero-order chi connectivity index (χ0) is 23.5. The summed E-state index contributed by atoms with van der Waals surface area (Å²) in [7, 11) is 0. The third-order valence-electron chi connectivity index (χ3n) is 4.32. The number of fused-ring (bicyclic) bond motifs is 1. The third kappa shape index (κ3) is 8.94. The van der Waals surface area contributed by atoms with Crippen molar-refractivity contribution in [3.8, 4) is 23.7 Å². The van der Waals surface area contributed by atoms with Gasteiger partial charge in [-0.3, -0.25) is 0 Å². The van der Waals surface area contributed by atoms with Gasteiger partial charge in [0.25, 0.3) is 0 Å². The first-order chi connectivity index (χ1) is 15.3. The molecule has 0 atom stereocenters. The van der Waals surface area contributed by atoms with Gasteiger partial charge in [0.1, 0.15) is 22.6 Å². The van der Waals surface area contributed by atoms with Crippen LogP contribution in [0.4, 0.5) is 0 Å². The summed E-state index contributed by atoms with van der Waals surface area (Å²) < 4.78 is 22.4. The molecule has 0 bridgehead atoms. The lowest BCUT2D eigenvalue weighted by atomic mass is 10.1. The summed E-state index contributed by atoms with van der Waals surface area (Å²) >= 11 is 0. The molecule has 32 heavy (non-hydrogen) atoms. The van der Waals surface area contributed by atoms with Gasteiger partial charge in [0.15, 0.2) is 0 Å². The molecule has 0 saturated carbocycles. The molecular formula is C26H34N2O4. The maximum atomic E-state index is 5.84. The van der Waals surface area contributed by atoms with Gasteiger partial charge in [0, 0.05) is 13.2 Å². The van der Waals surface area contributed by atoms with Crippen LogP contribution in [0.15, 0.2) is 24.3 Å². The Morgan fingerprint density at radius 2 is 1.09 bits per heavy atom. The Kier molecular flexibility index (Phi) is 10.1. The van der Waals surface area contributed by atoms with Crippen molar-refractivity contribution < 1.29 is 18.9 Å². The molecule has 1 aromatic carbocycles. The van der Waals surface area contributed by atoms with Crippen LogP contribution >= 0.6 is 0 Å². The third-order valence-corrected chi connectivity index (χ3v) is 4.32. The highest BCUT2D eigenvalue weighted by Crippen LogP contribution is 2.14. The van der Waals surface area contributed by atoms with Crippen LogP contribution in [0.1, 0.15) is 52.9 Å². The highest BCUT2D eigenvalue weighted by atomic mass is 16.5. The number of benzene rings is 1. The lowest BCUT2D eigenvalue weighted by Gasteiger charge is -2.19. The minimum absolute atomic E-state index is 0.471. The number of nitrogens with zero attached hydrogens (tertiary/aromatic N) is 2. The van der Waals surface area contributed by atoms with Crippen LogP contribution < -0.4 is 0 Å². The van der Waals surface area contributed by atoms with Gasteiger partial charge in [-0.05, 0) is 65.5 Å². The van der Waals surface area contributed by atoms with E-state index in [9.17, 15) is 0 Å². The maximum absolute atomic E-state index is 5.84. The summed E-state index contributed by atoms with van der Waals surface area (Å²) in [6.45, 7) is 14.9. The average molecular weight is 439 g/mol. The number of rotatable bonds is 10. The van der Waals surface area contributed by atoms with Crippen molar-refractivity contribution in [2.45, 2.75) is 52.7 Å². The molecule has 0 radical (unpaired) electrons. The van der Waals surface area contributed by atoms with Crippen LogP contribution in [-0.2, 0) is 18.9 Å². The van der Waals surface area contributed by atoms with Crippen molar-refractivity contribution in [3.63, 3.8) is 0 Å². The van der Waals surface area contributed by atoms with Crippen LogP contribution in [0.5, 0.6) is 0 Å². The Hall–Kier alpha value is -2.48. The Bertz CT molecular complexity index is 913. The van der Waals surface area contributed by atoms with Gasteiger partial charge in [-0.15, -0.1) is 0 Å². The predicted octanol–water partition coefficient (Wildman–Crippen LogP) is 4.00. The first-order valence-corrected chi connectivity index (χ1v) is 11.0. The highest BCUT2D eigenvalue weighted by Gasteiger charge is 2.16. The van der Waals surface area contributed by atoms with Crippen LogP contribution in [-0.4, -0.2) is 60.8 Å². The average Bonchev–Trinajstić information content (AvgIpc) is 2.76. The molecule has 0 fully saturated rings. The van der Waals surface area contributed by atoms with Crippen molar-refractivity contribution >= 4 is 11.0 Å². The molecule has 6 heteroatoms. The summed E-state index contributed by atoms with van der Waals surface area (Å²) in [5.74, 6) is 12.6. The predicted molar refractivity (Wildman–Crippen MR) is 126 cm³/mol. The van der Waals surface area contributed by atoms with Gasteiger partial charge in [-0.1, -0.05) is 24.0 Å². The summed E-state index contributed by atoms with van der Waals surface area (Å²) in [6.07, 6.45) is 0. The molecule has 0 aliphatic carbocycles. The van der Waals surface area contributed by atoms with E-state index in [0.29, 0.717) is 51.0 Å². The van der Waals surface area contributed by atoms with Crippen molar-refractivity contribution in [1.29, 1.82) is 0 Å². The molecule has 0 spiro atoms. The number of aromatic nitrogens is 2. The SMILES string of the molecule is CCOCCOC(C)(C)C#Cc1nc2ccccc2nc1C#CC(C)(C)OCCOCC. The Morgan fingerprint density at radius 1 is 0.688 bits per heavy atom. The fraction of sp³-hybridized carbons (Fsp3) is 0.538. The molecule has 172 valence electrons. The van der Waals surface area contributed by atoms with E-state index in [4.69, 9.17) is 28.9 Å². The molecule has 0 aliphatic rings. The highest BCUT2D eigenvalue weighted by molar-refractivity contribution is 5.75. The fourth-order valence-corrected chi connectivity index (χ4v) is 2.67. The van der Waals surface area contributed by atoms with Gasteiger partial charge in [-0.25, -0.2) is 9.97 Å². The summed E-state index contributed by atoms with van der Waals surface area (Å²) in [4.78, 5) is 9.39. The second-order valence-corrected chi connectivity index (χ2v) is 8.02. The molecular weight excluding hydrogens is 404 g/mol. The molecule has 0 N–H and O–H groups in total. The first-order valence-electron chi connectivity index (χ1n) is 11.0. The van der Waals surface area contributed by atoms with Crippen LogP contribution in [0, 0.1) is 23.7 Å². The zero-order valence-electron chi connectivity index (χ0n) is 20.1. The molecule has 0 saturated heterocycles. The maximum Gasteiger partial charge on any atom is 0.148 e. The minimum atomic E-state index is -0.656. The van der Waals surface area contributed by atoms with Crippen LogP contribution in [0.25, 0.3) is 11.0 Å². The van der Waals surface area contributed by atoms with E-state index in [-0.39, 0.29) is 0 Å². The normalized spacial score (nSPS) is 11.6. The van der Waals surface area contributed by atoms with E-state index < -0.39 is 11.2 Å². The quantitative estimate of drug-likeness (QED) is 0.413. The first kappa shape index (κ1) is 25.8. The standard InChI is InChI=1S/C26H34N2O4/c1-7-29-17-19-31-25(3,4)15-13-23-24(28-22-12-10-9-11-21(22)27-23)14-16-26(5,6)32-20-18-30-8-2/h9-12H,7-8,17-20H2,1-6H3. The van der Waals surface area contributed by atoms with E-state index in [1.807, 2.05) is 65.8 Å². The Morgan fingerprint density at radius 3 is 1.47 bits per heavy atom. The van der Waals surface area contributed by atoms with E-state index in [2.05, 4.69) is 23.7 Å². The topological polar surface area (TPSA) is 62.7 Å². The summed E-state index contributed by atoms with van der Waals surface area (Å²) in [6, 6.07) is 7.68. The van der Waals surface area contributed by atoms with Gasteiger partial charge >= 0.3 is 0 Å². The second-order valence-electron chi connectivity index (χ2n) is 8.02. The largest absolute Gasteiger partial charge is 0.379 e. The van der Waals surface area contributed by atoms with Gasteiger partial charge < -0.3 is 18.9 Å². The molecule has 0 amide bonds. The lowest BCUT2D eigenvalue weighted by Crippen LogP contribution is -2.24. The number of para-hydroxylation sites is 2. The van der Waals surface area contributed by atoms with Gasteiger partial charge in [0.2, 0.25) is 0 Å². The molecule has 1 heterocycles. The molecule has 0 unspecified atom stereocenters. The number of ether oxygens (including phenoxy) is 4. The van der Waals surface area contributed by atoms with Crippen LogP contribution in [0.3, 0.4) is 0 Å². The van der Waals surface area contributed by atoms with Crippen molar-refractivity contribution in [3.05, 3.63) is 35.7 Å². The van der Waals surface area contributed by atoms with E-state index in [1.165, 1.54) is 0 Å². The van der Waals surface area contributed by atoms with Gasteiger partial charge in [0.05, 0.1) is 37.5 Å². The van der Waals surface area contributed by atoms with E-state index >= 15 is 0 Å². The zero-order valence-corrected chi connectivity index (χ0v) is 20.1. The summed E-state index contributed by atoms with van der Waals surface area (Å²) in [5.41, 5.74) is 1.26. The van der Waals surface area contributed by atoms with Crippen molar-refractivity contribution in [1.82, 2.24) is 9.97 Å². The van der Waals surface area contributed by atoms with Crippen LogP contribution in [0.2, 0.25) is 0 Å². The Labute approximate surface area is 192 Å². The second kappa shape index (κ2) is 12.5. The lowest BCUT2D eigenvalue weighted by molar-refractivity contribution is -0.0113. The van der Waals surface area contributed by atoms with E-state index in [1.54, 1.807) is 0 Å². The summed E-state index contributed by atoms with van der Waals surface area (Å²) in [5, 5.41) is 0. The molecule has 2 rings (SSSR count). The molecule has 6 nitrogen and oxygen atoms in total. The monoisotopic (exact) mass is 438 g/mol. The van der Waals surface area contributed by atoms with E-state index in [0.717, 1.165) is 11.0 Å². The molecule has 1 aromatic heterocycles. The molecule has 0 aliphatic heterocycles. The minimum Gasteiger partial charge on any atom is -0.379 e. The molecule has 2 aromatic rings.